The average Bonchev–Trinajstić information content (AvgIpc) is 2.78. The third kappa shape index (κ3) is 8.25. The van der Waals surface area contributed by atoms with Crippen molar-refractivity contribution in [2.24, 2.45) is 10.9 Å². The van der Waals surface area contributed by atoms with Crippen molar-refractivity contribution in [3.63, 3.8) is 0 Å². The number of nitrogens with zero attached hydrogens (tertiary/aromatic N) is 1. The molecule has 0 fully saturated rings. The van der Waals surface area contributed by atoms with Gasteiger partial charge in [-0.15, -0.1) is 0 Å². The van der Waals surface area contributed by atoms with Gasteiger partial charge in [-0.05, 0) is 61.4 Å². The minimum absolute atomic E-state index is 0.115. The number of amides is 3. The van der Waals surface area contributed by atoms with Gasteiger partial charge in [-0.1, -0.05) is 11.6 Å². The van der Waals surface area contributed by atoms with E-state index in [1.54, 1.807) is 29.7 Å². The highest BCUT2D eigenvalue weighted by atomic mass is 35.5. The Morgan fingerprint density at radius 1 is 0.938 bits per heavy atom. The van der Waals surface area contributed by atoms with Crippen LogP contribution in [0.1, 0.15) is 36.0 Å². The zero-order chi connectivity index (χ0) is 23.5. The summed E-state index contributed by atoms with van der Waals surface area (Å²) in [4.78, 5) is 47.4. The van der Waals surface area contributed by atoms with Crippen LogP contribution in [0, 0.1) is 5.82 Å². The van der Waals surface area contributed by atoms with Crippen molar-refractivity contribution in [3.05, 3.63) is 64.9 Å². The number of benzene rings is 2. The first-order chi connectivity index (χ1) is 15.3. The highest BCUT2D eigenvalue weighted by Crippen LogP contribution is 2.14. The first-order valence-corrected chi connectivity index (χ1v) is 9.87. The number of halogens is 2. The fourth-order valence-corrected chi connectivity index (χ4v) is 2.69. The van der Waals surface area contributed by atoms with Crippen molar-refractivity contribution in [2.75, 3.05) is 5.32 Å². The van der Waals surface area contributed by atoms with Gasteiger partial charge in [0.05, 0.1) is 6.42 Å². The summed E-state index contributed by atoms with van der Waals surface area (Å²) in [6, 6.07) is 11.6. The predicted molar refractivity (Wildman–Crippen MR) is 117 cm³/mol. The summed E-state index contributed by atoms with van der Waals surface area (Å²) in [7, 11) is 0. The number of ketones is 1. The molecule has 2 aromatic rings. The molecular formula is C21H21ClFN5O4. The van der Waals surface area contributed by atoms with Gasteiger partial charge in [-0.25, -0.2) is 15.7 Å². The molecule has 0 radical (unpaired) electrons. The maximum absolute atomic E-state index is 13.1. The van der Waals surface area contributed by atoms with Gasteiger partial charge in [0.2, 0.25) is 5.91 Å². The van der Waals surface area contributed by atoms with E-state index in [9.17, 15) is 23.6 Å². The van der Waals surface area contributed by atoms with Crippen LogP contribution >= 0.6 is 11.6 Å². The molecule has 9 nitrogen and oxygen atoms in total. The number of nitrogens with one attached hydrogen (secondary N) is 3. The Morgan fingerprint density at radius 3 is 2.22 bits per heavy atom. The lowest BCUT2D eigenvalue weighted by Crippen LogP contribution is -2.41. The molecule has 11 heteroatoms. The maximum Gasteiger partial charge on any atom is 0.330 e. The smallest absolute Gasteiger partial charge is 0.326 e. The fraction of sp³-hybridized carbons (Fsp3) is 0.190. The van der Waals surface area contributed by atoms with Crippen LogP contribution in [0.25, 0.3) is 0 Å². The number of carbonyl (C=O) groups excluding carboxylic acids is 4. The van der Waals surface area contributed by atoms with E-state index in [-0.39, 0.29) is 42.2 Å². The number of hydrogen-bond donors (Lipinski definition) is 4. The van der Waals surface area contributed by atoms with Gasteiger partial charge in [0, 0.05) is 28.4 Å². The summed E-state index contributed by atoms with van der Waals surface area (Å²) >= 11 is 5.81. The first-order valence-electron chi connectivity index (χ1n) is 9.49. The van der Waals surface area contributed by atoms with Crippen LogP contribution in [0.15, 0.2) is 53.6 Å². The van der Waals surface area contributed by atoms with Crippen LogP contribution in [0.4, 0.5) is 10.1 Å². The van der Waals surface area contributed by atoms with Gasteiger partial charge in [0.25, 0.3) is 0 Å². The lowest BCUT2D eigenvalue weighted by Gasteiger charge is -2.08. The summed E-state index contributed by atoms with van der Waals surface area (Å²) in [6.07, 6.45) is 0.415. The van der Waals surface area contributed by atoms with Gasteiger partial charge in [-0.3, -0.25) is 24.6 Å². The topological polar surface area (TPSA) is 143 Å². The van der Waals surface area contributed by atoms with E-state index < -0.39 is 17.6 Å². The molecule has 0 aliphatic carbocycles. The zero-order valence-corrected chi connectivity index (χ0v) is 17.6. The van der Waals surface area contributed by atoms with Gasteiger partial charge in [0.15, 0.2) is 5.78 Å². The van der Waals surface area contributed by atoms with Crippen molar-refractivity contribution in [3.8, 4) is 0 Å². The molecule has 0 saturated heterocycles. The Morgan fingerprint density at radius 2 is 1.59 bits per heavy atom. The molecule has 2 aromatic carbocycles. The van der Waals surface area contributed by atoms with E-state index in [4.69, 9.17) is 17.4 Å². The largest absolute Gasteiger partial charge is 0.330 e. The summed E-state index contributed by atoms with van der Waals surface area (Å²) in [5, 5.41) is 7.08. The van der Waals surface area contributed by atoms with E-state index >= 15 is 0 Å². The second kappa shape index (κ2) is 12.3. The number of hydrazone groups is 1. The number of Topliss-reactive ketones (excluding diaryl/α,β-unsaturated/α-hetero) is 1. The standard InChI is InChI=1S/C21H21ClFN5O4/c22-14-6-10-16(11-7-14)25-19(30)3-1-2-17(27-28-21(32)20(31)26-24)12-18(29)13-4-8-15(23)9-5-13/h4-11H,1-3,12,24H2,(H,25,30)(H,26,31)(H,28,32)/b27-17-. The van der Waals surface area contributed by atoms with Gasteiger partial charge in [0.1, 0.15) is 5.82 Å². The normalized spacial score (nSPS) is 10.9. The minimum Gasteiger partial charge on any atom is -0.326 e. The summed E-state index contributed by atoms with van der Waals surface area (Å²) in [5.41, 5.74) is 4.75. The number of rotatable bonds is 9. The molecule has 168 valence electrons. The van der Waals surface area contributed by atoms with Crippen LogP contribution in [-0.2, 0) is 14.4 Å². The van der Waals surface area contributed by atoms with Gasteiger partial charge < -0.3 is 5.32 Å². The van der Waals surface area contributed by atoms with Gasteiger partial charge >= 0.3 is 11.8 Å². The first kappa shape index (κ1) is 24.6. The quantitative estimate of drug-likeness (QED) is 0.113. The predicted octanol–water partition coefficient (Wildman–Crippen LogP) is 2.32. The molecular weight excluding hydrogens is 441 g/mol. The van der Waals surface area contributed by atoms with E-state index in [0.29, 0.717) is 17.1 Å². The van der Waals surface area contributed by atoms with Crippen LogP contribution in [0.5, 0.6) is 0 Å². The molecule has 0 saturated carbocycles. The average molecular weight is 462 g/mol. The van der Waals surface area contributed by atoms with Crippen molar-refractivity contribution < 1.29 is 23.6 Å². The van der Waals surface area contributed by atoms with Crippen molar-refractivity contribution in [1.29, 1.82) is 0 Å². The molecule has 0 atom stereocenters. The summed E-state index contributed by atoms with van der Waals surface area (Å²) in [6.45, 7) is 0. The Bertz CT molecular complexity index is 1010. The Hall–Kier alpha value is -3.63. The maximum atomic E-state index is 13.1. The van der Waals surface area contributed by atoms with Crippen LogP contribution in [-0.4, -0.2) is 29.2 Å². The molecule has 0 unspecified atom stereocenters. The van der Waals surface area contributed by atoms with Gasteiger partial charge in [-0.2, -0.15) is 5.10 Å². The van der Waals surface area contributed by atoms with Crippen molar-refractivity contribution >= 4 is 46.5 Å². The van der Waals surface area contributed by atoms with Crippen LogP contribution in [0.2, 0.25) is 5.02 Å². The van der Waals surface area contributed by atoms with E-state index in [2.05, 4.69) is 10.4 Å². The van der Waals surface area contributed by atoms with Crippen LogP contribution in [0.3, 0.4) is 0 Å². The number of nitrogens with two attached hydrogens (primary N) is 1. The third-order valence-corrected chi connectivity index (χ3v) is 4.43. The fourth-order valence-electron chi connectivity index (χ4n) is 2.56. The number of carbonyl (C=O) groups is 4. The molecule has 5 N–H and O–H groups in total. The van der Waals surface area contributed by atoms with E-state index in [1.807, 2.05) is 5.43 Å². The molecule has 2 rings (SSSR count). The third-order valence-electron chi connectivity index (χ3n) is 4.18. The monoisotopic (exact) mass is 461 g/mol. The molecule has 0 aromatic heterocycles. The van der Waals surface area contributed by atoms with Crippen molar-refractivity contribution in [2.45, 2.75) is 25.7 Å². The molecule has 3 amide bonds. The highest BCUT2D eigenvalue weighted by molar-refractivity contribution is 6.35. The molecule has 32 heavy (non-hydrogen) atoms. The zero-order valence-electron chi connectivity index (χ0n) is 16.9. The number of anilines is 1. The second-order valence-corrected chi connectivity index (χ2v) is 7.04. The number of hydrazine groups is 1. The molecule has 0 aliphatic rings. The molecule has 0 aliphatic heterocycles. The Labute approximate surface area is 188 Å². The van der Waals surface area contributed by atoms with Crippen LogP contribution < -0.4 is 22.0 Å². The minimum atomic E-state index is -1.11. The Kier molecular flexibility index (Phi) is 9.45. The van der Waals surface area contributed by atoms with E-state index in [0.717, 1.165) is 12.1 Å². The SMILES string of the molecule is NNC(=O)C(=O)N/N=C(/CCCC(=O)Nc1ccc(Cl)cc1)CC(=O)c1ccc(F)cc1. The lowest BCUT2D eigenvalue weighted by molar-refractivity contribution is -0.139. The molecule has 0 bridgehead atoms. The lowest BCUT2D eigenvalue weighted by atomic mass is 10.0. The molecule has 0 spiro atoms. The second-order valence-electron chi connectivity index (χ2n) is 6.61. The van der Waals surface area contributed by atoms with E-state index in [1.165, 1.54) is 12.1 Å². The highest BCUT2D eigenvalue weighted by Gasteiger charge is 2.15. The molecule has 0 heterocycles. The van der Waals surface area contributed by atoms with Crippen molar-refractivity contribution in [1.82, 2.24) is 10.9 Å². The Balaban J connectivity index is 1.98. The summed E-state index contributed by atoms with van der Waals surface area (Å²) in [5.74, 6) is 1.55. The number of hydrogen-bond acceptors (Lipinski definition) is 6. The summed E-state index contributed by atoms with van der Waals surface area (Å²) < 4.78 is 13.1.